The number of alkyl halides is 6. The molecule has 35 heavy (non-hydrogen) atoms. The molecule has 0 saturated heterocycles. The summed E-state index contributed by atoms with van der Waals surface area (Å²) in [6.45, 7) is 0. The Morgan fingerprint density at radius 1 is 0.629 bits per heavy atom. The van der Waals surface area contributed by atoms with Gasteiger partial charge in [0.25, 0.3) is 0 Å². The number of nitrogens with zero attached hydrogens (tertiary/aromatic N) is 4. The van der Waals surface area contributed by atoms with Crippen LogP contribution >= 0.6 is 34.9 Å². The van der Waals surface area contributed by atoms with Crippen LogP contribution in [0.1, 0.15) is 21.6 Å². The Morgan fingerprint density at radius 3 is 1.54 bits per heavy atom. The van der Waals surface area contributed by atoms with Crippen LogP contribution in [0.4, 0.5) is 26.3 Å². The van der Waals surface area contributed by atoms with Gasteiger partial charge in [0, 0.05) is 41.2 Å². The molecule has 0 aliphatic carbocycles. The quantitative estimate of drug-likeness (QED) is 0.141. The average Bonchev–Trinajstić information content (AvgIpc) is 3.36. The Hall–Kier alpha value is -2.64. The minimum atomic E-state index is -4.39. The van der Waals surface area contributed by atoms with Crippen LogP contribution in [-0.2, 0) is 23.9 Å². The van der Waals surface area contributed by atoms with Crippen LogP contribution in [0.25, 0.3) is 0 Å². The molecule has 0 atom stereocenters. The molecule has 4 aromatic rings. The molecule has 4 rings (SSSR count). The predicted octanol–water partition coefficient (Wildman–Crippen LogP) is 7.64. The summed E-state index contributed by atoms with van der Waals surface area (Å²) in [7, 11) is 0. The van der Waals surface area contributed by atoms with Gasteiger partial charge >= 0.3 is 12.4 Å². The molecule has 13 heteroatoms. The van der Waals surface area contributed by atoms with Crippen LogP contribution in [0.15, 0.2) is 82.9 Å². The summed E-state index contributed by atoms with van der Waals surface area (Å²) in [6.07, 6.45) is -5.53. The van der Waals surface area contributed by atoms with Crippen molar-refractivity contribution >= 4 is 34.9 Å². The molecule has 0 aliphatic rings. The van der Waals surface area contributed by atoms with E-state index in [2.05, 4.69) is 19.9 Å². The second-order valence-corrected chi connectivity index (χ2v) is 9.56. The Kier molecular flexibility index (Phi) is 9.52. The first-order valence-corrected chi connectivity index (χ1v) is 12.6. The van der Waals surface area contributed by atoms with Crippen LogP contribution in [-0.4, -0.2) is 19.9 Å². The zero-order chi connectivity index (χ0) is 25.3. The van der Waals surface area contributed by atoms with Crippen LogP contribution in [0.3, 0.4) is 0 Å². The summed E-state index contributed by atoms with van der Waals surface area (Å²) >= 11 is 4.21. The lowest BCUT2D eigenvalue weighted by Gasteiger charge is -2.05. The van der Waals surface area contributed by atoms with Crippen LogP contribution < -0.4 is 0 Å². The molecule has 0 radical (unpaired) electrons. The lowest BCUT2D eigenvalue weighted by molar-refractivity contribution is -0.139. The van der Waals surface area contributed by atoms with Gasteiger partial charge in [-0.05, 0) is 17.0 Å². The number of aromatic nitrogens is 4. The van der Waals surface area contributed by atoms with Crippen molar-refractivity contribution in [2.75, 3.05) is 0 Å². The molecule has 0 amide bonds. The van der Waals surface area contributed by atoms with Crippen molar-refractivity contribution in [3.63, 3.8) is 0 Å². The molecule has 3 aromatic heterocycles. The molecular formula is C22H16F6N4S3. The van der Waals surface area contributed by atoms with E-state index in [1.807, 2.05) is 47.8 Å². The van der Waals surface area contributed by atoms with Gasteiger partial charge in [0.1, 0.15) is 0 Å². The van der Waals surface area contributed by atoms with Gasteiger partial charge in [-0.2, -0.15) is 26.3 Å². The molecule has 3 heterocycles. The minimum Gasteiger partial charge on any atom is -0.230 e. The van der Waals surface area contributed by atoms with Gasteiger partial charge in [-0.15, -0.1) is 11.3 Å². The number of rotatable bonds is 6. The van der Waals surface area contributed by atoms with E-state index in [4.69, 9.17) is 0 Å². The van der Waals surface area contributed by atoms with Crippen molar-refractivity contribution in [3.05, 3.63) is 94.2 Å². The molecule has 0 spiro atoms. The van der Waals surface area contributed by atoms with Gasteiger partial charge in [0.15, 0.2) is 10.3 Å². The van der Waals surface area contributed by atoms with E-state index in [0.717, 1.165) is 35.2 Å². The van der Waals surface area contributed by atoms with E-state index in [0.29, 0.717) is 21.8 Å². The Labute approximate surface area is 209 Å². The van der Waals surface area contributed by atoms with Crippen molar-refractivity contribution in [2.24, 2.45) is 0 Å². The summed E-state index contributed by atoms with van der Waals surface area (Å²) in [5, 5.41) is 2.64. The number of hydrogen-bond donors (Lipinski definition) is 0. The normalized spacial score (nSPS) is 11.6. The van der Waals surface area contributed by atoms with E-state index in [9.17, 15) is 26.3 Å². The summed E-state index contributed by atoms with van der Waals surface area (Å²) in [5.74, 6) is 1.30. The molecule has 0 fully saturated rings. The highest BCUT2D eigenvalue weighted by Crippen LogP contribution is 2.30. The second-order valence-electron chi connectivity index (χ2n) is 6.65. The maximum Gasteiger partial charge on any atom is 0.419 e. The van der Waals surface area contributed by atoms with Crippen LogP contribution in [0.5, 0.6) is 0 Å². The summed E-state index contributed by atoms with van der Waals surface area (Å²) in [4.78, 5) is 15.9. The standard InChI is InChI=1S/C12H9F3N2S.C10H7F3N2S2/c13-12(14,15)10-6-16-11(17-7-10)18-8-9-4-2-1-3-5-9;11-10(12,13)7-4-14-9(15-5-7)17-6-8-2-1-3-16-8/h1-7H,8H2;1-5H,6H2. The van der Waals surface area contributed by atoms with E-state index in [1.165, 1.54) is 23.5 Å². The molecule has 184 valence electrons. The summed E-state index contributed by atoms with van der Waals surface area (Å²) in [6, 6.07) is 13.5. The minimum absolute atomic E-state index is 0.340. The molecule has 0 unspecified atom stereocenters. The fourth-order valence-electron chi connectivity index (χ4n) is 2.33. The van der Waals surface area contributed by atoms with Crippen molar-refractivity contribution in [3.8, 4) is 0 Å². The van der Waals surface area contributed by atoms with E-state index in [1.54, 1.807) is 11.3 Å². The SMILES string of the molecule is FC(F)(F)c1cnc(SCc2ccccc2)nc1.FC(F)(F)c1cnc(SCc2cccs2)nc1. The topological polar surface area (TPSA) is 51.6 Å². The molecule has 0 aliphatic heterocycles. The molecule has 1 aromatic carbocycles. The van der Waals surface area contributed by atoms with Crippen molar-refractivity contribution in [2.45, 2.75) is 34.2 Å². The predicted molar refractivity (Wildman–Crippen MR) is 124 cm³/mol. The van der Waals surface area contributed by atoms with Crippen LogP contribution in [0.2, 0.25) is 0 Å². The van der Waals surface area contributed by atoms with Crippen LogP contribution in [0, 0.1) is 0 Å². The lowest BCUT2D eigenvalue weighted by Crippen LogP contribution is -2.06. The zero-order valence-corrected chi connectivity index (χ0v) is 20.1. The number of thioether (sulfide) groups is 2. The van der Waals surface area contributed by atoms with Gasteiger partial charge in [-0.3, -0.25) is 0 Å². The molecule has 0 N–H and O–H groups in total. The first-order valence-electron chi connectivity index (χ1n) is 9.71. The fraction of sp³-hybridized carbons (Fsp3) is 0.182. The summed E-state index contributed by atoms with van der Waals surface area (Å²) < 4.78 is 73.6. The third kappa shape index (κ3) is 9.15. The first-order chi connectivity index (χ1) is 16.6. The van der Waals surface area contributed by atoms with E-state index >= 15 is 0 Å². The van der Waals surface area contributed by atoms with Crippen molar-refractivity contribution in [1.82, 2.24) is 19.9 Å². The van der Waals surface area contributed by atoms with E-state index in [-0.39, 0.29) is 0 Å². The highest BCUT2D eigenvalue weighted by molar-refractivity contribution is 7.98. The zero-order valence-electron chi connectivity index (χ0n) is 17.6. The molecule has 0 saturated carbocycles. The van der Waals surface area contributed by atoms with Gasteiger partial charge in [0.2, 0.25) is 0 Å². The van der Waals surface area contributed by atoms with Gasteiger partial charge in [-0.1, -0.05) is 59.9 Å². The fourth-order valence-corrected chi connectivity index (χ4v) is 4.63. The lowest BCUT2D eigenvalue weighted by atomic mass is 10.2. The summed E-state index contributed by atoms with van der Waals surface area (Å²) in [5.41, 5.74) is -0.574. The van der Waals surface area contributed by atoms with Gasteiger partial charge in [0.05, 0.1) is 11.1 Å². The number of benzene rings is 1. The largest absolute Gasteiger partial charge is 0.419 e. The number of halogens is 6. The Balaban J connectivity index is 0.000000196. The van der Waals surface area contributed by atoms with Gasteiger partial charge < -0.3 is 0 Å². The number of hydrogen-bond acceptors (Lipinski definition) is 7. The molecule has 4 nitrogen and oxygen atoms in total. The maximum atomic E-state index is 12.3. The van der Waals surface area contributed by atoms with Crippen molar-refractivity contribution in [1.29, 1.82) is 0 Å². The van der Waals surface area contributed by atoms with E-state index < -0.39 is 23.5 Å². The monoisotopic (exact) mass is 546 g/mol. The Bertz CT molecular complexity index is 1150. The number of thiophene rings is 1. The third-order valence-electron chi connectivity index (χ3n) is 4.05. The highest BCUT2D eigenvalue weighted by atomic mass is 32.2. The Morgan fingerprint density at radius 2 is 1.11 bits per heavy atom. The third-order valence-corrected chi connectivity index (χ3v) is 6.98. The maximum absolute atomic E-state index is 12.3. The smallest absolute Gasteiger partial charge is 0.230 e. The first kappa shape index (κ1) is 27.0. The molecule has 0 bridgehead atoms. The van der Waals surface area contributed by atoms with Crippen molar-refractivity contribution < 1.29 is 26.3 Å². The van der Waals surface area contributed by atoms with Gasteiger partial charge in [-0.25, -0.2) is 19.9 Å². The average molecular weight is 547 g/mol. The molecular weight excluding hydrogens is 530 g/mol. The highest BCUT2D eigenvalue weighted by Gasteiger charge is 2.32. The second kappa shape index (κ2) is 12.4.